The van der Waals surface area contributed by atoms with Crippen molar-refractivity contribution in [3.05, 3.63) is 0 Å². The topological polar surface area (TPSA) is 41.1 Å². The number of hydrogen-bond acceptors (Lipinski definition) is 2. The van der Waals surface area contributed by atoms with Gasteiger partial charge in [0, 0.05) is 13.1 Å². The van der Waals surface area contributed by atoms with E-state index in [1.807, 2.05) is 0 Å². The molecule has 0 aromatic carbocycles. The minimum Gasteiger partial charge on any atom is -0.358 e. The minimum absolute atomic E-state index is 0.0839. The predicted molar refractivity (Wildman–Crippen MR) is 48.9 cm³/mol. The van der Waals surface area contributed by atoms with Crippen LogP contribution in [0.1, 0.15) is 32.1 Å². The summed E-state index contributed by atoms with van der Waals surface area (Å²) in [6.45, 7) is 0.473. The van der Waals surface area contributed by atoms with E-state index in [1.54, 1.807) is 7.05 Å². The maximum atomic E-state index is 10.9. The molecule has 0 radical (unpaired) electrons. The molecule has 1 aliphatic rings. The van der Waals surface area contributed by atoms with E-state index < -0.39 is 0 Å². The Morgan fingerprint density at radius 2 is 2.00 bits per heavy atom. The minimum atomic E-state index is 0.0839. The smallest absolute Gasteiger partial charge is 0.233 e. The van der Waals surface area contributed by atoms with Gasteiger partial charge in [-0.2, -0.15) is 0 Å². The lowest BCUT2D eigenvalue weighted by Gasteiger charge is -2.22. The summed E-state index contributed by atoms with van der Waals surface area (Å²) in [5.41, 5.74) is 0. The van der Waals surface area contributed by atoms with Crippen LogP contribution in [0, 0.1) is 0 Å². The van der Waals surface area contributed by atoms with Gasteiger partial charge < -0.3 is 10.6 Å². The zero-order valence-corrected chi connectivity index (χ0v) is 7.73. The van der Waals surface area contributed by atoms with Gasteiger partial charge in [0.1, 0.15) is 0 Å². The van der Waals surface area contributed by atoms with Gasteiger partial charge in [0.2, 0.25) is 5.91 Å². The van der Waals surface area contributed by atoms with Crippen molar-refractivity contribution in [2.45, 2.75) is 38.1 Å². The van der Waals surface area contributed by atoms with Crippen molar-refractivity contribution < 1.29 is 4.79 Å². The number of carbonyl (C=O) groups is 1. The van der Waals surface area contributed by atoms with Gasteiger partial charge >= 0.3 is 0 Å². The largest absolute Gasteiger partial charge is 0.358 e. The van der Waals surface area contributed by atoms with Crippen LogP contribution in [0.2, 0.25) is 0 Å². The highest BCUT2D eigenvalue weighted by Crippen LogP contribution is 2.16. The van der Waals surface area contributed by atoms with Crippen molar-refractivity contribution in [2.75, 3.05) is 13.6 Å². The standard InChI is InChI=1S/C9H18N2O/c1-10-9(12)7-11-8-5-3-2-4-6-8/h8,11H,2-7H2,1H3,(H,10,12). The van der Waals surface area contributed by atoms with E-state index in [4.69, 9.17) is 0 Å². The Kier molecular flexibility index (Phi) is 4.08. The van der Waals surface area contributed by atoms with Gasteiger partial charge in [-0.15, -0.1) is 0 Å². The van der Waals surface area contributed by atoms with Crippen molar-refractivity contribution in [1.82, 2.24) is 10.6 Å². The molecule has 1 saturated carbocycles. The molecule has 12 heavy (non-hydrogen) atoms. The van der Waals surface area contributed by atoms with Crippen molar-refractivity contribution in [3.63, 3.8) is 0 Å². The van der Waals surface area contributed by atoms with Crippen LogP contribution in [0.4, 0.5) is 0 Å². The van der Waals surface area contributed by atoms with Crippen LogP contribution in [0.3, 0.4) is 0 Å². The molecule has 2 N–H and O–H groups in total. The molecule has 0 aromatic heterocycles. The first kappa shape index (κ1) is 9.52. The van der Waals surface area contributed by atoms with Crippen molar-refractivity contribution in [2.24, 2.45) is 0 Å². The van der Waals surface area contributed by atoms with E-state index in [0.29, 0.717) is 12.6 Å². The Morgan fingerprint density at radius 1 is 1.33 bits per heavy atom. The quantitative estimate of drug-likeness (QED) is 0.653. The molecule has 0 aliphatic heterocycles. The monoisotopic (exact) mass is 170 g/mol. The van der Waals surface area contributed by atoms with E-state index in [9.17, 15) is 4.79 Å². The molecular weight excluding hydrogens is 152 g/mol. The molecule has 3 heteroatoms. The summed E-state index contributed by atoms with van der Waals surface area (Å²) in [5.74, 6) is 0.0839. The van der Waals surface area contributed by atoms with Crippen molar-refractivity contribution in [1.29, 1.82) is 0 Å². The number of amides is 1. The van der Waals surface area contributed by atoms with E-state index in [1.165, 1.54) is 32.1 Å². The molecule has 70 valence electrons. The number of carbonyl (C=O) groups excluding carboxylic acids is 1. The molecule has 1 rings (SSSR count). The molecular formula is C9H18N2O. The van der Waals surface area contributed by atoms with E-state index >= 15 is 0 Å². The summed E-state index contributed by atoms with van der Waals surface area (Å²) in [6.07, 6.45) is 6.45. The highest BCUT2D eigenvalue weighted by molar-refractivity contribution is 5.77. The first-order valence-electron chi connectivity index (χ1n) is 4.77. The zero-order valence-electron chi connectivity index (χ0n) is 7.73. The highest BCUT2D eigenvalue weighted by atomic mass is 16.1. The van der Waals surface area contributed by atoms with E-state index in [-0.39, 0.29) is 5.91 Å². The average molecular weight is 170 g/mol. The molecule has 0 heterocycles. The van der Waals surface area contributed by atoms with Crippen molar-refractivity contribution >= 4 is 5.91 Å². The van der Waals surface area contributed by atoms with Crippen LogP contribution in [0.15, 0.2) is 0 Å². The Bertz CT molecular complexity index is 141. The van der Waals surface area contributed by atoms with Crippen LogP contribution in [-0.4, -0.2) is 25.5 Å². The van der Waals surface area contributed by atoms with Crippen LogP contribution in [0.5, 0.6) is 0 Å². The third-order valence-electron chi connectivity index (χ3n) is 2.44. The number of likely N-dealkylation sites (N-methyl/N-ethyl adjacent to an activating group) is 1. The van der Waals surface area contributed by atoms with Gasteiger partial charge in [-0.1, -0.05) is 19.3 Å². The summed E-state index contributed by atoms with van der Waals surface area (Å²) < 4.78 is 0. The lowest BCUT2D eigenvalue weighted by atomic mass is 9.95. The second-order valence-corrected chi connectivity index (χ2v) is 3.39. The first-order chi connectivity index (χ1) is 5.83. The summed E-state index contributed by atoms with van der Waals surface area (Å²) in [5, 5.41) is 5.86. The van der Waals surface area contributed by atoms with Gasteiger partial charge in [0.25, 0.3) is 0 Å². The van der Waals surface area contributed by atoms with Gasteiger partial charge in [-0.25, -0.2) is 0 Å². The SMILES string of the molecule is CNC(=O)CNC1CCCCC1. The summed E-state index contributed by atoms with van der Waals surface area (Å²) in [4.78, 5) is 10.9. The lowest BCUT2D eigenvalue weighted by molar-refractivity contribution is -0.119. The second-order valence-electron chi connectivity index (χ2n) is 3.39. The fourth-order valence-corrected chi connectivity index (χ4v) is 1.63. The highest BCUT2D eigenvalue weighted by Gasteiger charge is 2.12. The Labute approximate surface area is 73.9 Å². The van der Waals surface area contributed by atoms with E-state index in [0.717, 1.165) is 0 Å². The molecule has 0 bridgehead atoms. The number of rotatable bonds is 3. The second kappa shape index (κ2) is 5.14. The molecule has 0 atom stereocenters. The Hall–Kier alpha value is -0.570. The third kappa shape index (κ3) is 3.22. The average Bonchev–Trinajstić information content (AvgIpc) is 2.16. The van der Waals surface area contributed by atoms with Crippen LogP contribution >= 0.6 is 0 Å². The predicted octanol–water partition coefficient (Wildman–Crippen LogP) is 0.655. The summed E-state index contributed by atoms with van der Waals surface area (Å²) >= 11 is 0. The molecule has 1 fully saturated rings. The van der Waals surface area contributed by atoms with Crippen LogP contribution < -0.4 is 10.6 Å². The fourth-order valence-electron chi connectivity index (χ4n) is 1.63. The lowest BCUT2D eigenvalue weighted by Crippen LogP contribution is -2.38. The Morgan fingerprint density at radius 3 is 2.58 bits per heavy atom. The zero-order chi connectivity index (χ0) is 8.81. The summed E-state index contributed by atoms with van der Waals surface area (Å²) in [7, 11) is 1.67. The maximum absolute atomic E-state index is 10.9. The molecule has 3 nitrogen and oxygen atoms in total. The van der Waals surface area contributed by atoms with Gasteiger partial charge in [0.05, 0.1) is 6.54 Å². The van der Waals surface area contributed by atoms with Gasteiger partial charge in [-0.3, -0.25) is 4.79 Å². The van der Waals surface area contributed by atoms with Gasteiger partial charge in [0.15, 0.2) is 0 Å². The molecule has 0 unspecified atom stereocenters. The molecule has 1 aliphatic carbocycles. The maximum Gasteiger partial charge on any atom is 0.233 e. The van der Waals surface area contributed by atoms with Crippen LogP contribution in [-0.2, 0) is 4.79 Å². The molecule has 0 saturated heterocycles. The Balaban J connectivity index is 2.09. The fraction of sp³-hybridized carbons (Fsp3) is 0.889. The number of nitrogens with one attached hydrogen (secondary N) is 2. The normalized spacial score (nSPS) is 19.1. The van der Waals surface area contributed by atoms with E-state index in [2.05, 4.69) is 10.6 Å². The van der Waals surface area contributed by atoms with Gasteiger partial charge in [-0.05, 0) is 12.8 Å². The number of hydrogen-bond donors (Lipinski definition) is 2. The molecule has 0 aromatic rings. The van der Waals surface area contributed by atoms with Crippen molar-refractivity contribution in [3.8, 4) is 0 Å². The molecule has 1 amide bonds. The third-order valence-corrected chi connectivity index (χ3v) is 2.44. The first-order valence-corrected chi connectivity index (χ1v) is 4.77. The molecule has 0 spiro atoms. The summed E-state index contributed by atoms with van der Waals surface area (Å²) in [6, 6.07) is 0.580. The van der Waals surface area contributed by atoms with Crippen LogP contribution in [0.25, 0.3) is 0 Å².